The molecule has 1 aromatic carbocycles. The maximum atomic E-state index is 12.3. The molecule has 5 nitrogen and oxygen atoms in total. The minimum Gasteiger partial charge on any atom is -0.394 e. The maximum Gasteiger partial charge on any atom is 0.251 e. The molecule has 2 N–H and O–H groups in total. The number of nitrogens with zero attached hydrogens (tertiary/aromatic N) is 2. The average molecular weight is 287 g/mol. The first kappa shape index (κ1) is 15.3. The molecule has 0 spiro atoms. The first-order valence-electron chi connectivity index (χ1n) is 7.10. The number of carbonyl (C=O) groups excluding carboxylic acids is 1. The van der Waals surface area contributed by atoms with Crippen molar-refractivity contribution in [2.75, 3.05) is 6.61 Å². The fourth-order valence-electron chi connectivity index (χ4n) is 2.24. The lowest BCUT2D eigenvalue weighted by Crippen LogP contribution is -2.38. The van der Waals surface area contributed by atoms with Crippen molar-refractivity contribution in [2.24, 2.45) is 5.92 Å². The number of aromatic nitrogens is 2. The average Bonchev–Trinajstić information content (AvgIpc) is 3.00. The number of carbonyl (C=O) groups is 1. The standard InChI is InChI=1S/C16H21N3O2/c1-12(2)8-14(10-20)18-16(21)13-4-3-5-15(9-13)19-7-6-17-11-19/h3-7,9,11-12,14,20H,8,10H2,1-2H3,(H,18,21). The van der Waals surface area contributed by atoms with Crippen LogP contribution < -0.4 is 5.32 Å². The van der Waals surface area contributed by atoms with Crippen LogP contribution in [0, 0.1) is 5.92 Å². The van der Waals surface area contributed by atoms with Crippen LogP contribution in [0.3, 0.4) is 0 Å². The third-order valence-corrected chi connectivity index (χ3v) is 3.22. The van der Waals surface area contributed by atoms with Crippen molar-refractivity contribution in [1.29, 1.82) is 0 Å². The van der Waals surface area contributed by atoms with Gasteiger partial charge in [-0.3, -0.25) is 4.79 Å². The Morgan fingerprint density at radius 3 is 2.86 bits per heavy atom. The molecule has 0 fully saturated rings. The summed E-state index contributed by atoms with van der Waals surface area (Å²) in [6, 6.07) is 7.10. The summed E-state index contributed by atoms with van der Waals surface area (Å²) in [7, 11) is 0. The molecule has 0 saturated carbocycles. The summed E-state index contributed by atoms with van der Waals surface area (Å²) < 4.78 is 1.84. The van der Waals surface area contributed by atoms with Crippen molar-refractivity contribution >= 4 is 5.91 Å². The van der Waals surface area contributed by atoms with Gasteiger partial charge in [-0.15, -0.1) is 0 Å². The van der Waals surface area contributed by atoms with Crippen LogP contribution in [0.4, 0.5) is 0 Å². The lowest BCUT2D eigenvalue weighted by atomic mass is 10.0. The van der Waals surface area contributed by atoms with E-state index in [0.29, 0.717) is 11.5 Å². The SMILES string of the molecule is CC(C)CC(CO)NC(=O)c1cccc(-n2ccnc2)c1. The highest BCUT2D eigenvalue weighted by Crippen LogP contribution is 2.11. The van der Waals surface area contributed by atoms with Gasteiger partial charge < -0.3 is 15.0 Å². The molecule has 5 heteroatoms. The van der Waals surface area contributed by atoms with Crippen molar-refractivity contribution in [2.45, 2.75) is 26.3 Å². The molecule has 0 saturated heterocycles. The number of nitrogens with one attached hydrogen (secondary N) is 1. The zero-order valence-corrected chi connectivity index (χ0v) is 12.4. The first-order chi connectivity index (χ1) is 10.1. The van der Waals surface area contributed by atoms with Gasteiger partial charge in [0.1, 0.15) is 0 Å². The van der Waals surface area contributed by atoms with E-state index in [1.54, 1.807) is 24.7 Å². The molecule has 1 amide bonds. The minimum absolute atomic E-state index is 0.0505. The minimum atomic E-state index is -0.214. The van der Waals surface area contributed by atoms with Crippen molar-refractivity contribution < 1.29 is 9.90 Å². The molecular weight excluding hydrogens is 266 g/mol. The normalized spacial score (nSPS) is 12.4. The van der Waals surface area contributed by atoms with E-state index in [1.165, 1.54) is 0 Å². The number of hydrogen-bond acceptors (Lipinski definition) is 3. The number of imidazole rings is 1. The summed E-state index contributed by atoms with van der Waals surface area (Å²) in [5.41, 5.74) is 1.45. The molecule has 1 atom stereocenters. The second-order valence-electron chi connectivity index (χ2n) is 5.50. The first-order valence-corrected chi connectivity index (χ1v) is 7.10. The quantitative estimate of drug-likeness (QED) is 0.854. The van der Waals surface area contributed by atoms with Crippen LogP contribution >= 0.6 is 0 Å². The third-order valence-electron chi connectivity index (χ3n) is 3.22. The predicted molar refractivity (Wildman–Crippen MR) is 81.4 cm³/mol. The molecule has 21 heavy (non-hydrogen) atoms. The van der Waals surface area contributed by atoms with E-state index in [1.807, 2.05) is 22.9 Å². The fourth-order valence-corrected chi connectivity index (χ4v) is 2.24. The molecule has 0 radical (unpaired) electrons. The summed E-state index contributed by atoms with van der Waals surface area (Å²) in [5.74, 6) is 0.247. The lowest BCUT2D eigenvalue weighted by molar-refractivity contribution is 0.0908. The Morgan fingerprint density at radius 2 is 2.24 bits per heavy atom. The van der Waals surface area contributed by atoms with Gasteiger partial charge in [0.05, 0.1) is 19.0 Å². The topological polar surface area (TPSA) is 67.2 Å². The number of benzene rings is 1. The smallest absolute Gasteiger partial charge is 0.251 e. The summed E-state index contributed by atoms with van der Waals surface area (Å²) >= 11 is 0. The molecule has 0 aliphatic rings. The van der Waals surface area contributed by atoms with Crippen LogP contribution in [0.2, 0.25) is 0 Å². The Labute approximate surface area is 124 Å². The second-order valence-corrected chi connectivity index (χ2v) is 5.50. The monoisotopic (exact) mass is 287 g/mol. The zero-order valence-electron chi connectivity index (χ0n) is 12.4. The van der Waals surface area contributed by atoms with E-state index >= 15 is 0 Å². The van der Waals surface area contributed by atoms with Crippen LogP contribution in [0.5, 0.6) is 0 Å². The van der Waals surface area contributed by atoms with Crippen molar-refractivity contribution in [3.05, 3.63) is 48.5 Å². The molecular formula is C16H21N3O2. The number of amides is 1. The van der Waals surface area contributed by atoms with Crippen molar-refractivity contribution in [3.63, 3.8) is 0 Å². The highest BCUT2D eigenvalue weighted by Gasteiger charge is 2.14. The van der Waals surface area contributed by atoms with E-state index in [-0.39, 0.29) is 18.6 Å². The van der Waals surface area contributed by atoms with Gasteiger partial charge in [-0.05, 0) is 30.5 Å². The van der Waals surface area contributed by atoms with Gasteiger partial charge in [0.2, 0.25) is 0 Å². The summed E-state index contributed by atoms with van der Waals surface area (Å²) in [5, 5.41) is 12.2. The van der Waals surface area contributed by atoms with Crippen LogP contribution in [-0.4, -0.2) is 33.2 Å². The predicted octanol–water partition coefficient (Wildman–Crippen LogP) is 2.01. The number of aliphatic hydroxyl groups excluding tert-OH is 1. The molecule has 0 aliphatic carbocycles. The molecule has 1 unspecified atom stereocenters. The van der Waals surface area contributed by atoms with Crippen LogP contribution in [0.25, 0.3) is 5.69 Å². The van der Waals surface area contributed by atoms with E-state index < -0.39 is 0 Å². The molecule has 2 aromatic rings. The highest BCUT2D eigenvalue weighted by molar-refractivity contribution is 5.94. The van der Waals surface area contributed by atoms with Gasteiger partial charge in [0.15, 0.2) is 0 Å². The zero-order chi connectivity index (χ0) is 15.2. The Bertz CT molecular complexity index is 579. The Balaban J connectivity index is 2.10. The highest BCUT2D eigenvalue weighted by atomic mass is 16.3. The maximum absolute atomic E-state index is 12.3. The number of hydrogen-bond donors (Lipinski definition) is 2. The Hall–Kier alpha value is -2.14. The van der Waals surface area contributed by atoms with Crippen LogP contribution in [0.1, 0.15) is 30.6 Å². The lowest BCUT2D eigenvalue weighted by Gasteiger charge is -2.18. The van der Waals surface area contributed by atoms with E-state index in [2.05, 4.69) is 24.1 Å². The van der Waals surface area contributed by atoms with Gasteiger partial charge >= 0.3 is 0 Å². The molecule has 0 bridgehead atoms. The van der Waals surface area contributed by atoms with Gasteiger partial charge in [-0.1, -0.05) is 19.9 Å². The van der Waals surface area contributed by atoms with Gasteiger partial charge in [0, 0.05) is 23.6 Å². The number of aliphatic hydroxyl groups is 1. The molecule has 1 aromatic heterocycles. The summed E-state index contributed by atoms with van der Waals surface area (Å²) in [6.07, 6.45) is 5.96. The Kier molecular flexibility index (Phi) is 5.11. The van der Waals surface area contributed by atoms with Gasteiger partial charge in [0.25, 0.3) is 5.91 Å². The summed E-state index contributed by atoms with van der Waals surface area (Å²) in [4.78, 5) is 16.3. The van der Waals surface area contributed by atoms with Gasteiger partial charge in [-0.2, -0.15) is 0 Å². The molecule has 2 rings (SSSR count). The van der Waals surface area contributed by atoms with Crippen LogP contribution in [0.15, 0.2) is 43.0 Å². The molecule has 0 aliphatic heterocycles. The second kappa shape index (κ2) is 7.04. The Morgan fingerprint density at radius 1 is 1.43 bits per heavy atom. The summed E-state index contributed by atoms with van der Waals surface area (Å²) in [6.45, 7) is 4.08. The largest absolute Gasteiger partial charge is 0.394 e. The van der Waals surface area contributed by atoms with Gasteiger partial charge in [-0.25, -0.2) is 4.98 Å². The number of rotatable bonds is 6. The van der Waals surface area contributed by atoms with Crippen molar-refractivity contribution in [1.82, 2.24) is 14.9 Å². The van der Waals surface area contributed by atoms with E-state index in [0.717, 1.165) is 12.1 Å². The third kappa shape index (κ3) is 4.16. The van der Waals surface area contributed by atoms with Crippen LogP contribution in [-0.2, 0) is 0 Å². The molecule has 112 valence electrons. The van der Waals surface area contributed by atoms with Crippen molar-refractivity contribution in [3.8, 4) is 5.69 Å². The molecule has 1 heterocycles. The van der Waals surface area contributed by atoms with E-state index in [4.69, 9.17) is 0 Å². The fraction of sp³-hybridized carbons (Fsp3) is 0.375. The van der Waals surface area contributed by atoms with E-state index in [9.17, 15) is 9.90 Å².